The van der Waals surface area contributed by atoms with Gasteiger partial charge >= 0.3 is 0 Å². The number of piperazine rings is 1. The molecule has 2 amide bonds. The molecule has 1 aromatic rings. The molecule has 1 aromatic carbocycles. The summed E-state index contributed by atoms with van der Waals surface area (Å²) in [5, 5.41) is 0. The van der Waals surface area contributed by atoms with E-state index in [9.17, 15) is 9.59 Å². The lowest BCUT2D eigenvalue weighted by Crippen LogP contribution is -2.48. The van der Waals surface area contributed by atoms with E-state index in [0.29, 0.717) is 51.6 Å². The highest BCUT2D eigenvalue weighted by atomic mass is 16.5. The fourth-order valence-electron chi connectivity index (χ4n) is 2.68. The number of fused-ring (bicyclic) bond motifs is 1. The normalized spacial score (nSPS) is 17.8. The van der Waals surface area contributed by atoms with Crippen molar-refractivity contribution in [2.75, 3.05) is 39.4 Å². The van der Waals surface area contributed by atoms with Gasteiger partial charge in [-0.25, -0.2) is 0 Å². The van der Waals surface area contributed by atoms with Gasteiger partial charge in [-0.05, 0) is 17.7 Å². The summed E-state index contributed by atoms with van der Waals surface area (Å²) in [4.78, 5) is 26.5. The Morgan fingerprint density at radius 3 is 2.55 bits per heavy atom. The van der Waals surface area contributed by atoms with Gasteiger partial charge in [-0.15, -0.1) is 0 Å². The number of nitrogens with zero attached hydrogens (tertiary/aromatic N) is 2. The fraction of sp³-hybridized carbons (Fsp3) is 0.500. The molecule has 22 heavy (non-hydrogen) atoms. The zero-order chi connectivity index (χ0) is 15.4. The Morgan fingerprint density at radius 1 is 1.09 bits per heavy atom. The first-order chi connectivity index (χ1) is 10.8. The van der Waals surface area contributed by atoms with Crippen molar-refractivity contribution in [3.63, 3.8) is 0 Å². The molecule has 0 unspecified atom stereocenters. The number of hydrogen-bond acceptors (Lipinski definition) is 4. The minimum absolute atomic E-state index is 0.0834. The van der Waals surface area contributed by atoms with Crippen LogP contribution in [0.1, 0.15) is 12.0 Å². The summed E-state index contributed by atoms with van der Waals surface area (Å²) in [6.07, 6.45) is 2.05. The van der Waals surface area contributed by atoms with Crippen LogP contribution in [0.5, 0.6) is 11.5 Å². The van der Waals surface area contributed by atoms with E-state index in [0.717, 1.165) is 24.1 Å². The lowest BCUT2D eigenvalue weighted by atomic mass is 10.1. The summed E-state index contributed by atoms with van der Waals surface area (Å²) in [5.41, 5.74) is 0.923. The summed E-state index contributed by atoms with van der Waals surface area (Å²) in [7, 11) is 0. The Bertz CT molecular complexity index is 553. The minimum atomic E-state index is 0.0834. The van der Waals surface area contributed by atoms with Crippen LogP contribution >= 0.6 is 0 Å². The highest BCUT2D eigenvalue weighted by Gasteiger charge is 2.21. The minimum Gasteiger partial charge on any atom is -0.490 e. The van der Waals surface area contributed by atoms with E-state index in [1.807, 2.05) is 23.1 Å². The van der Waals surface area contributed by atoms with E-state index in [1.54, 1.807) is 4.90 Å². The van der Waals surface area contributed by atoms with Crippen molar-refractivity contribution >= 4 is 12.3 Å². The lowest BCUT2D eigenvalue weighted by molar-refractivity contribution is -0.134. The Kier molecular flexibility index (Phi) is 4.46. The molecular formula is C16H20N2O4. The standard InChI is InChI=1S/C16H20N2O4/c19-12-17-4-6-18(7-5-17)16(20)11-13-2-3-14-15(10-13)22-9-1-8-21-14/h2-3,10,12H,1,4-9,11H2. The average Bonchev–Trinajstić information content (AvgIpc) is 2.79. The van der Waals surface area contributed by atoms with Crippen LogP contribution in [-0.2, 0) is 16.0 Å². The molecule has 2 aliphatic heterocycles. The molecule has 6 nitrogen and oxygen atoms in total. The van der Waals surface area contributed by atoms with Crippen LogP contribution in [-0.4, -0.2) is 61.5 Å². The second-order valence-corrected chi connectivity index (χ2v) is 5.53. The second kappa shape index (κ2) is 6.68. The Balaban J connectivity index is 1.62. The second-order valence-electron chi connectivity index (χ2n) is 5.53. The van der Waals surface area contributed by atoms with Crippen molar-refractivity contribution < 1.29 is 19.1 Å². The number of rotatable bonds is 3. The first-order valence-electron chi connectivity index (χ1n) is 7.62. The smallest absolute Gasteiger partial charge is 0.227 e. The Morgan fingerprint density at radius 2 is 1.82 bits per heavy atom. The molecule has 0 aromatic heterocycles. The lowest BCUT2D eigenvalue weighted by Gasteiger charge is -2.32. The number of ether oxygens (including phenoxy) is 2. The highest BCUT2D eigenvalue weighted by molar-refractivity contribution is 5.79. The fourth-order valence-corrected chi connectivity index (χ4v) is 2.68. The van der Waals surface area contributed by atoms with Gasteiger partial charge in [-0.3, -0.25) is 9.59 Å². The molecule has 0 aliphatic carbocycles. The zero-order valence-corrected chi connectivity index (χ0v) is 12.5. The maximum absolute atomic E-state index is 12.3. The quantitative estimate of drug-likeness (QED) is 0.771. The van der Waals surface area contributed by atoms with E-state index in [-0.39, 0.29) is 5.91 Å². The van der Waals surface area contributed by atoms with Gasteiger partial charge in [0.15, 0.2) is 11.5 Å². The summed E-state index contributed by atoms with van der Waals surface area (Å²) >= 11 is 0. The molecule has 1 saturated heterocycles. The third-order valence-electron chi connectivity index (χ3n) is 3.98. The van der Waals surface area contributed by atoms with Crippen molar-refractivity contribution in [2.24, 2.45) is 0 Å². The molecule has 118 valence electrons. The molecule has 0 N–H and O–H groups in total. The summed E-state index contributed by atoms with van der Waals surface area (Å²) in [6.45, 7) is 3.71. The van der Waals surface area contributed by atoms with E-state index in [2.05, 4.69) is 0 Å². The third-order valence-corrected chi connectivity index (χ3v) is 3.98. The molecule has 3 rings (SSSR count). The maximum Gasteiger partial charge on any atom is 0.227 e. The van der Waals surface area contributed by atoms with Crippen LogP contribution in [0.3, 0.4) is 0 Å². The van der Waals surface area contributed by atoms with Crippen molar-refractivity contribution in [3.05, 3.63) is 23.8 Å². The van der Waals surface area contributed by atoms with Crippen molar-refractivity contribution in [3.8, 4) is 11.5 Å². The largest absolute Gasteiger partial charge is 0.490 e. The predicted molar refractivity (Wildman–Crippen MR) is 80.0 cm³/mol. The first kappa shape index (κ1) is 14.7. The molecular weight excluding hydrogens is 284 g/mol. The van der Waals surface area contributed by atoms with Crippen molar-refractivity contribution in [1.29, 1.82) is 0 Å². The predicted octanol–water partition coefficient (Wildman–Crippen LogP) is 0.691. The topological polar surface area (TPSA) is 59.1 Å². The van der Waals surface area contributed by atoms with Crippen LogP contribution in [0.25, 0.3) is 0 Å². The molecule has 6 heteroatoms. The van der Waals surface area contributed by atoms with E-state index in [4.69, 9.17) is 9.47 Å². The molecule has 1 fully saturated rings. The van der Waals surface area contributed by atoms with E-state index >= 15 is 0 Å². The van der Waals surface area contributed by atoms with Gasteiger partial charge in [0.05, 0.1) is 19.6 Å². The monoisotopic (exact) mass is 304 g/mol. The van der Waals surface area contributed by atoms with E-state index < -0.39 is 0 Å². The van der Waals surface area contributed by atoms with Crippen LogP contribution in [0.4, 0.5) is 0 Å². The molecule has 0 atom stereocenters. The number of benzene rings is 1. The zero-order valence-electron chi connectivity index (χ0n) is 12.5. The van der Waals surface area contributed by atoms with Gasteiger partial charge < -0.3 is 19.3 Å². The van der Waals surface area contributed by atoms with Crippen LogP contribution in [0.2, 0.25) is 0 Å². The molecule has 0 spiro atoms. The molecule has 0 bridgehead atoms. The SMILES string of the molecule is O=CN1CCN(C(=O)Cc2ccc3c(c2)OCCCO3)CC1. The number of carbonyl (C=O) groups is 2. The van der Waals surface area contributed by atoms with Crippen molar-refractivity contribution in [2.45, 2.75) is 12.8 Å². The van der Waals surface area contributed by atoms with Crippen LogP contribution in [0.15, 0.2) is 18.2 Å². The molecule has 0 saturated carbocycles. The maximum atomic E-state index is 12.3. The van der Waals surface area contributed by atoms with Gasteiger partial charge in [0.2, 0.25) is 12.3 Å². The van der Waals surface area contributed by atoms with Gasteiger partial charge in [0.1, 0.15) is 0 Å². The molecule has 2 aliphatic rings. The third kappa shape index (κ3) is 3.32. The molecule has 2 heterocycles. The summed E-state index contributed by atoms with van der Waals surface area (Å²) in [6, 6.07) is 5.67. The van der Waals surface area contributed by atoms with Gasteiger partial charge in [-0.1, -0.05) is 6.07 Å². The average molecular weight is 304 g/mol. The van der Waals surface area contributed by atoms with Gasteiger partial charge in [0.25, 0.3) is 0 Å². The molecule has 0 radical (unpaired) electrons. The van der Waals surface area contributed by atoms with E-state index in [1.165, 1.54) is 0 Å². The highest BCUT2D eigenvalue weighted by Crippen LogP contribution is 2.30. The van der Waals surface area contributed by atoms with Gasteiger partial charge in [-0.2, -0.15) is 0 Å². The Hall–Kier alpha value is -2.24. The summed E-state index contributed by atoms with van der Waals surface area (Å²) in [5.74, 6) is 1.54. The van der Waals surface area contributed by atoms with Crippen molar-refractivity contribution in [1.82, 2.24) is 9.80 Å². The summed E-state index contributed by atoms with van der Waals surface area (Å²) < 4.78 is 11.2. The number of carbonyl (C=O) groups excluding carboxylic acids is 2. The Labute approximate surface area is 129 Å². The number of hydrogen-bond donors (Lipinski definition) is 0. The van der Waals surface area contributed by atoms with Crippen LogP contribution < -0.4 is 9.47 Å². The van der Waals surface area contributed by atoms with Gasteiger partial charge in [0, 0.05) is 32.6 Å². The first-order valence-corrected chi connectivity index (χ1v) is 7.62. The number of amides is 2. The van der Waals surface area contributed by atoms with Crippen LogP contribution in [0, 0.1) is 0 Å².